The summed E-state index contributed by atoms with van der Waals surface area (Å²) < 4.78 is 4.70. The van der Waals surface area contributed by atoms with Crippen LogP contribution in [0.5, 0.6) is 0 Å². The molecule has 0 aliphatic rings. The molecule has 0 spiro atoms. The van der Waals surface area contributed by atoms with Crippen LogP contribution in [-0.4, -0.2) is 42.4 Å². The van der Waals surface area contributed by atoms with E-state index in [-0.39, 0.29) is 10.6 Å². The van der Waals surface area contributed by atoms with Gasteiger partial charge >= 0.3 is 5.97 Å². The second-order valence-electron chi connectivity index (χ2n) is 3.78. The van der Waals surface area contributed by atoms with Gasteiger partial charge in [-0.05, 0) is 12.1 Å². The van der Waals surface area contributed by atoms with Crippen LogP contribution in [0.1, 0.15) is 10.4 Å². The smallest absolute Gasteiger partial charge is 0.345 e. The van der Waals surface area contributed by atoms with Crippen LogP contribution in [0.2, 0.25) is 5.02 Å². The fraction of sp³-hybridized carbons (Fsp3) is 0.273. The van der Waals surface area contributed by atoms with Crippen molar-refractivity contribution in [2.75, 3.05) is 20.7 Å². The van der Waals surface area contributed by atoms with Gasteiger partial charge in [0.05, 0.1) is 4.92 Å². The summed E-state index contributed by atoms with van der Waals surface area (Å²) in [5.74, 6) is -1.37. The van der Waals surface area contributed by atoms with Gasteiger partial charge in [0.1, 0.15) is 5.56 Å². The molecule has 0 aliphatic carbocycles. The van der Waals surface area contributed by atoms with E-state index < -0.39 is 29.1 Å². The van der Waals surface area contributed by atoms with E-state index in [1.807, 2.05) is 0 Å². The Labute approximate surface area is 113 Å². The minimum atomic E-state index is -0.946. The highest BCUT2D eigenvalue weighted by Crippen LogP contribution is 2.23. The molecule has 1 aromatic rings. The number of rotatable bonds is 4. The number of nitro groups is 1. The maximum atomic E-state index is 11.7. The Balaban J connectivity index is 2.88. The van der Waals surface area contributed by atoms with E-state index in [0.717, 1.165) is 6.07 Å². The highest BCUT2D eigenvalue weighted by atomic mass is 35.5. The largest absolute Gasteiger partial charge is 0.452 e. The number of hydrogen-bond acceptors (Lipinski definition) is 5. The molecule has 0 radical (unpaired) electrons. The highest BCUT2D eigenvalue weighted by Gasteiger charge is 2.22. The lowest BCUT2D eigenvalue weighted by Crippen LogP contribution is -2.27. The average molecular weight is 287 g/mol. The molecule has 0 unspecified atom stereocenters. The molecule has 0 aromatic heterocycles. The van der Waals surface area contributed by atoms with Crippen LogP contribution in [0, 0.1) is 10.1 Å². The molecule has 0 heterocycles. The van der Waals surface area contributed by atoms with Crippen LogP contribution in [0.3, 0.4) is 0 Å². The SMILES string of the molecule is CN(C)C(=O)COC(=O)c1ccc(Cl)cc1[N+](=O)[O-]. The maximum absolute atomic E-state index is 11.7. The van der Waals surface area contributed by atoms with Crippen molar-refractivity contribution in [3.05, 3.63) is 38.9 Å². The summed E-state index contributed by atoms with van der Waals surface area (Å²) in [6.45, 7) is -0.481. The summed E-state index contributed by atoms with van der Waals surface area (Å²) in [5.41, 5.74) is -0.712. The first kappa shape index (κ1) is 14.9. The molecule has 0 atom stereocenters. The summed E-state index contributed by atoms with van der Waals surface area (Å²) in [6.07, 6.45) is 0. The topological polar surface area (TPSA) is 89.8 Å². The lowest BCUT2D eigenvalue weighted by Gasteiger charge is -2.10. The summed E-state index contributed by atoms with van der Waals surface area (Å²) in [6, 6.07) is 3.56. The zero-order chi connectivity index (χ0) is 14.6. The van der Waals surface area contributed by atoms with Crippen molar-refractivity contribution in [2.45, 2.75) is 0 Å². The molecule has 1 amide bonds. The van der Waals surface area contributed by atoms with Gasteiger partial charge in [0, 0.05) is 25.2 Å². The maximum Gasteiger partial charge on any atom is 0.345 e. The van der Waals surface area contributed by atoms with Crippen molar-refractivity contribution in [3.8, 4) is 0 Å². The zero-order valence-electron chi connectivity index (χ0n) is 10.3. The third kappa shape index (κ3) is 3.92. The number of benzene rings is 1. The van der Waals surface area contributed by atoms with Crippen molar-refractivity contribution in [2.24, 2.45) is 0 Å². The standard InChI is InChI=1S/C11H11ClN2O5/c1-13(2)10(15)6-19-11(16)8-4-3-7(12)5-9(8)14(17)18/h3-5H,6H2,1-2H3. The van der Waals surface area contributed by atoms with Gasteiger partial charge in [-0.15, -0.1) is 0 Å². The summed E-state index contributed by atoms with van der Waals surface area (Å²) in [7, 11) is 3.00. The molecule has 1 rings (SSSR count). The van der Waals surface area contributed by atoms with Crippen molar-refractivity contribution in [1.29, 1.82) is 0 Å². The van der Waals surface area contributed by atoms with Crippen LogP contribution in [-0.2, 0) is 9.53 Å². The predicted octanol–water partition coefficient (Wildman–Crippen LogP) is 1.49. The Bertz CT molecular complexity index is 530. The first-order valence-electron chi connectivity index (χ1n) is 5.14. The summed E-state index contributed by atoms with van der Waals surface area (Å²) >= 11 is 5.62. The number of hydrogen-bond donors (Lipinski definition) is 0. The van der Waals surface area contributed by atoms with Gasteiger partial charge in [0.2, 0.25) is 0 Å². The molecule has 0 fully saturated rings. The molecular weight excluding hydrogens is 276 g/mol. The van der Waals surface area contributed by atoms with E-state index in [2.05, 4.69) is 0 Å². The van der Waals surface area contributed by atoms with Gasteiger partial charge in [0.25, 0.3) is 11.6 Å². The predicted molar refractivity (Wildman–Crippen MR) is 67.1 cm³/mol. The Morgan fingerprint density at radius 2 is 2.05 bits per heavy atom. The third-order valence-corrected chi connectivity index (χ3v) is 2.44. The molecule has 1 aromatic carbocycles. The monoisotopic (exact) mass is 286 g/mol. The first-order chi connectivity index (χ1) is 8.82. The minimum absolute atomic E-state index is 0.132. The van der Waals surface area contributed by atoms with Crippen LogP contribution in [0.15, 0.2) is 18.2 Å². The Kier molecular flexibility index (Phi) is 4.82. The van der Waals surface area contributed by atoms with Crippen LogP contribution < -0.4 is 0 Å². The van der Waals surface area contributed by atoms with E-state index in [4.69, 9.17) is 16.3 Å². The molecule has 7 nitrogen and oxygen atoms in total. The summed E-state index contributed by atoms with van der Waals surface area (Å²) in [4.78, 5) is 34.2. The van der Waals surface area contributed by atoms with Crippen LogP contribution in [0.4, 0.5) is 5.69 Å². The third-order valence-electron chi connectivity index (χ3n) is 2.20. The Hall–Kier alpha value is -2.15. The second kappa shape index (κ2) is 6.14. The number of likely N-dealkylation sites (N-methyl/N-ethyl adjacent to an activating group) is 1. The van der Waals surface area contributed by atoms with Gasteiger partial charge < -0.3 is 9.64 Å². The molecular formula is C11H11ClN2O5. The van der Waals surface area contributed by atoms with E-state index in [1.54, 1.807) is 0 Å². The van der Waals surface area contributed by atoms with Crippen molar-refractivity contribution >= 4 is 29.2 Å². The van der Waals surface area contributed by atoms with Crippen LogP contribution in [0.25, 0.3) is 0 Å². The number of carbonyl (C=O) groups is 2. The van der Waals surface area contributed by atoms with Crippen LogP contribution >= 0.6 is 11.6 Å². The van der Waals surface area contributed by atoms with E-state index >= 15 is 0 Å². The lowest BCUT2D eigenvalue weighted by molar-refractivity contribution is -0.385. The molecule has 0 bridgehead atoms. The molecule has 19 heavy (non-hydrogen) atoms. The number of halogens is 1. The molecule has 0 N–H and O–H groups in total. The molecule has 8 heteroatoms. The van der Waals surface area contributed by atoms with Crippen molar-refractivity contribution < 1.29 is 19.2 Å². The molecule has 102 valence electrons. The van der Waals surface area contributed by atoms with Gasteiger partial charge in [-0.2, -0.15) is 0 Å². The summed E-state index contributed by atoms with van der Waals surface area (Å²) in [5, 5.41) is 10.9. The zero-order valence-corrected chi connectivity index (χ0v) is 11.0. The fourth-order valence-electron chi connectivity index (χ4n) is 1.16. The molecule has 0 aliphatic heterocycles. The minimum Gasteiger partial charge on any atom is -0.452 e. The van der Waals surface area contributed by atoms with Crippen molar-refractivity contribution in [1.82, 2.24) is 4.90 Å². The second-order valence-corrected chi connectivity index (χ2v) is 4.22. The molecule has 0 saturated heterocycles. The number of nitrogens with zero attached hydrogens (tertiary/aromatic N) is 2. The number of amides is 1. The number of carbonyl (C=O) groups excluding carboxylic acids is 2. The fourth-order valence-corrected chi connectivity index (χ4v) is 1.33. The van der Waals surface area contributed by atoms with Gasteiger partial charge in [-0.3, -0.25) is 14.9 Å². The molecule has 0 saturated carbocycles. The van der Waals surface area contributed by atoms with E-state index in [1.165, 1.54) is 31.1 Å². The number of ether oxygens (including phenoxy) is 1. The highest BCUT2D eigenvalue weighted by molar-refractivity contribution is 6.31. The lowest BCUT2D eigenvalue weighted by atomic mass is 10.2. The quantitative estimate of drug-likeness (QED) is 0.475. The van der Waals surface area contributed by atoms with E-state index in [9.17, 15) is 19.7 Å². The normalized spacial score (nSPS) is 9.84. The number of nitro benzene ring substituents is 1. The van der Waals surface area contributed by atoms with Gasteiger partial charge in [-0.1, -0.05) is 11.6 Å². The number of esters is 1. The van der Waals surface area contributed by atoms with Crippen molar-refractivity contribution in [3.63, 3.8) is 0 Å². The Morgan fingerprint density at radius 1 is 1.42 bits per heavy atom. The van der Waals surface area contributed by atoms with E-state index in [0.29, 0.717) is 0 Å². The van der Waals surface area contributed by atoms with Gasteiger partial charge in [0.15, 0.2) is 6.61 Å². The Morgan fingerprint density at radius 3 is 2.58 bits per heavy atom. The average Bonchev–Trinajstić information content (AvgIpc) is 2.35. The first-order valence-corrected chi connectivity index (χ1v) is 5.52. The van der Waals surface area contributed by atoms with Gasteiger partial charge in [-0.25, -0.2) is 4.79 Å².